The van der Waals surface area contributed by atoms with Crippen molar-refractivity contribution in [3.63, 3.8) is 0 Å². The van der Waals surface area contributed by atoms with Gasteiger partial charge in [0.05, 0.1) is 35.5 Å². The van der Waals surface area contributed by atoms with Gasteiger partial charge in [-0.3, -0.25) is 0 Å². The van der Waals surface area contributed by atoms with Gasteiger partial charge in [0.1, 0.15) is 23.8 Å². The highest BCUT2D eigenvalue weighted by molar-refractivity contribution is 5.91. The van der Waals surface area contributed by atoms with Gasteiger partial charge in [-0.05, 0) is 60.9 Å². The van der Waals surface area contributed by atoms with Crippen molar-refractivity contribution in [2.75, 3.05) is 49.3 Å². The van der Waals surface area contributed by atoms with E-state index in [4.69, 9.17) is 33.2 Å². The highest BCUT2D eigenvalue weighted by Gasteiger charge is 2.19. The quantitative estimate of drug-likeness (QED) is 0.118. The van der Waals surface area contributed by atoms with E-state index >= 15 is 0 Å². The van der Waals surface area contributed by atoms with E-state index in [0.29, 0.717) is 53.2 Å². The smallest absolute Gasteiger partial charge is 0.360 e. The maximum atomic E-state index is 13.5. The van der Waals surface area contributed by atoms with E-state index < -0.39 is 5.97 Å². The molecular weight excluding hydrogens is 538 g/mol. The van der Waals surface area contributed by atoms with Gasteiger partial charge in [0.2, 0.25) is 0 Å². The number of nitrogens with zero attached hydrogens (tertiary/aromatic N) is 1. The van der Waals surface area contributed by atoms with Crippen LogP contribution in [0.25, 0.3) is 11.1 Å². The molecule has 9 heteroatoms. The summed E-state index contributed by atoms with van der Waals surface area (Å²) in [5.74, 6) is 2.88. The molecule has 0 aliphatic rings. The number of methoxy groups -OCH3 is 6. The van der Waals surface area contributed by atoms with Gasteiger partial charge in [0.25, 0.3) is 0 Å². The minimum Gasteiger partial charge on any atom is -0.499 e. The number of esters is 1. The fraction of sp³-hybridized carbons (Fsp3) is 0.364. The first-order valence-corrected chi connectivity index (χ1v) is 13.7. The van der Waals surface area contributed by atoms with Gasteiger partial charge in [-0.15, -0.1) is 0 Å². The molecule has 3 aromatic rings. The molecule has 1 heterocycles. The molecule has 9 nitrogen and oxygen atoms in total. The molecule has 0 fully saturated rings. The maximum Gasteiger partial charge on any atom is 0.360 e. The van der Waals surface area contributed by atoms with E-state index in [1.165, 1.54) is 7.11 Å². The van der Waals surface area contributed by atoms with E-state index in [-0.39, 0.29) is 6.61 Å². The summed E-state index contributed by atoms with van der Waals surface area (Å²) in [4.78, 5) is 13.5. The second-order valence-corrected chi connectivity index (χ2v) is 8.64. The molecule has 1 aromatic heterocycles. The minimum absolute atomic E-state index is 0.247. The van der Waals surface area contributed by atoms with E-state index in [9.17, 15) is 4.79 Å². The summed E-state index contributed by atoms with van der Waals surface area (Å²) in [7, 11) is 9.48. The molecule has 0 atom stereocenters. The highest BCUT2D eigenvalue weighted by atomic mass is 16.5. The summed E-state index contributed by atoms with van der Waals surface area (Å²) in [5.41, 5.74) is 3.11. The maximum absolute atomic E-state index is 13.5. The van der Waals surface area contributed by atoms with Crippen LogP contribution in [0.1, 0.15) is 36.8 Å². The number of rotatable bonds is 14. The SMILES string of the molecule is C/C=C(\C=C(/COC)OC)OC(=O)c1cc(-c2ccc(OC)c(OC)c2)cn1CCc1ccc(OC)c(OC)c1.CC. The predicted octanol–water partition coefficient (Wildman–Crippen LogP) is 6.70. The van der Waals surface area contributed by atoms with E-state index in [2.05, 4.69) is 0 Å². The van der Waals surface area contributed by atoms with Crippen LogP contribution >= 0.6 is 0 Å². The number of carbonyl (C=O) groups is 1. The van der Waals surface area contributed by atoms with Crippen molar-refractivity contribution in [2.45, 2.75) is 33.7 Å². The molecule has 0 amide bonds. The van der Waals surface area contributed by atoms with Gasteiger partial charge >= 0.3 is 5.97 Å². The number of aromatic nitrogens is 1. The molecule has 0 aliphatic heterocycles. The van der Waals surface area contributed by atoms with Gasteiger partial charge in [0, 0.05) is 31.5 Å². The number of benzene rings is 2. The molecule has 0 saturated carbocycles. The minimum atomic E-state index is -0.503. The van der Waals surface area contributed by atoms with Gasteiger partial charge < -0.3 is 37.7 Å². The predicted molar refractivity (Wildman–Crippen MR) is 164 cm³/mol. The third kappa shape index (κ3) is 8.81. The monoisotopic (exact) mass is 581 g/mol. The Kier molecular flexibility index (Phi) is 14.1. The zero-order valence-corrected chi connectivity index (χ0v) is 26.1. The average molecular weight is 582 g/mol. The van der Waals surface area contributed by atoms with Crippen molar-refractivity contribution >= 4 is 5.97 Å². The molecule has 0 unspecified atom stereocenters. The number of aryl methyl sites for hydroxylation is 2. The van der Waals surface area contributed by atoms with Gasteiger partial charge in [-0.1, -0.05) is 26.0 Å². The molecule has 0 radical (unpaired) electrons. The van der Waals surface area contributed by atoms with Gasteiger partial charge in [0.15, 0.2) is 23.0 Å². The molecule has 0 spiro atoms. The van der Waals surface area contributed by atoms with Gasteiger partial charge in [-0.25, -0.2) is 4.79 Å². The molecule has 0 saturated heterocycles. The molecule has 0 N–H and O–H groups in total. The zero-order chi connectivity index (χ0) is 31.1. The van der Waals surface area contributed by atoms with Crippen LogP contribution < -0.4 is 18.9 Å². The first-order chi connectivity index (χ1) is 20.4. The third-order valence-corrected chi connectivity index (χ3v) is 6.26. The Hall–Kier alpha value is -4.37. The summed E-state index contributed by atoms with van der Waals surface area (Å²) < 4.78 is 39.8. The highest BCUT2D eigenvalue weighted by Crippen LogP contribution is 2.34. The van der Waals surface area contributed by atoms with Crippen LogP contribution in [0.4, 0.5) is 0 Å². The number of carbonyl (C=O) groups excluding carboxylic acids is 1. The summed E-state index contributed by atoms with van der Waals surface area (Å²) in [6.45, 7) is 6.54. The number of ether oxygens (including phenoxy) is 7. The zero-order valence-electron chi connectivity index (χ0n) is 26.1. The standard InChI is InChI=1S/C31H37NO8.C2H6/c1-8-24(18-25(35-3)20-34-2)40-31(33)26-16-23(22-10-12-28(37-5)30(17-22)39-7)19-32(26)14-13-21-9-11-27(36-4)29(15-21)38-6;1-2/h8-12,15-19H,13-14,20H2,1-7H3;1-2H3/b24-8+,25-18+;. The lowest BCUT2D eigenvalue weighted by atomic mass is 10.1. The molecule has 0 aliphatic carbocycles. The first-order valence-electron chi connectivity index (χ1n) is 13.7. The van der Waals surface area contributed by atoms with Crippen molar-refractivity contribution in [3.05, 3.63) is 83.6 Å². The molecule has 2 aromatic carbocycles. The van der Waals surface area contributed by atoms with Gasteiger partial charge in [-0.2, -0.15) is 0 Å². The molecule has 3 rings (SSSR count). The van der Waals surface area contributed by atoms with Crippen molar-refractivity contribution in [2.24, 2.45) is 0 Å². The number of hydrogen-bond acceptors (Lipinski definition) is 8. The fourth-order valence-corrected chi connectivity index (χ4v) is 4.12. The van der Waals surface area contributed by atoms with E-state index in [0.717, 1.165) is 16.7 Å². The largest absolute Gasteiger partial charge is 0.499 e. The Morgan fingerprint density at radius 3 is 1.98 bits per heavy atom. The Balaban J connectivity index is 0.00000301. The normalized spacial score (nSPS) is 11.3. The van der Waals surface area contributed by atoms with Crippen molar-refractivity contribution in [1.29, 1.82) is 0 Å². The van der Waals surface area contributed by atoms with Crippen LogP contribution in [0.3, 0.4) is 0 Å². The van der Waals surface area contributed by atoms with E-state index in [1.807, 2.05) is 67.1 Å². The Morgan fingerprint density at radius 1 is 0.786 bits per heavy atom. The van der Waals surface area contributed by atoms with Crippen LogP contribution in [0.15, 0.2) is 72.3 Å². The van der Waals surface area contributed by atoms with Crippen LogP contribution in [0.2, 0.25) is 0 Å². The lowest BCUT2D eigenvalue weighted by Gasteiger charge is -2.12. The number of hydrogen-bond donors (Lipinski definition) is 0. The average Bonchev–Trinajstić information content (AvgIpc) is 3.47. The van der Waals surface area contributed by atoms with Crippen LogP contribution in [-0.2, 0) is 27.2 Å². The lowest BCUT2D eigenvalue weighted by Crippen LogP contribution is -2.13. The van der Waals surface area contributed by atoms with Crippen molar-refractivity contribution < 1.29 is 38.0 Å². The summed E-state index contributed by atoms with van der Waals surface area (Å²) in [6.07, 6.45) is 5.89. The number of allylic oxidation sites excluding steroid dienone is 2. The van der Waals surface area contributed by atoms with Crippen molar-refractivity contribution in [3.8, 4) is 34.1 Å². The first kappa shape index (κ1) is 33.8. The lowest BCUT2D eigenvalue weighted by molar-refractivity contribution is 0.0621. The van der Waals surface area contributed by atoms with Crippen LogP contribution in [0, 0.1) is 0 Å². The fourth-order valence-electron chi connectivity index (χ4n) is 4.12. The molecular formula is C33H43NO8. The third-order valence-electron chi connectivity index (χ3n) is 6.26. The molecule has 0 bridgehead atoms. The van der Waals surface area contributed by atoms with E-state index in [1.54, 1.807) is 54.6 Å². The second kappa shape index (κ2) is 17.4. The van der Waals surface area contributed by atoms with Crippen LogP contribution in [-0.4, -0.2) is 59.8 Å². The summed E-state index contributed by atoms with van der Waals surface area (Å²) >= 11 is 0. The summed E-state index contributed by atoms with van der Waals surface area (Å²) in [6, 6.07) is 13.2. The second-order valence-electron chi connectivity index (χ2n) is 8.64. The molecule has 228 valence electrons. The van der Waals surface area contributed by atoms with Crippen LogP contribution in [0.5, 0.6) is 23.0 Å². The Bertz CT molecular complexity index is 1360. The van der Waals surface area contributed by atoms with Crippen molar-refractivity contribution in [1.82, 2.24) is 4.57 Å². The molecule has 42 heavy (non-hydrogen) atoms. The topological polar surface area (TPSA) is 86.6 Å². The Labute approximate surface area is 249 Å². The Morgan fingerprint density at radius 2 is 1.40 bits per heavy atom. The summed E-state index contributed by atoms with van der Waals surface area (Å²) in [5, 5.41) is 0.